The summed E-state index contributed by atoms with van der Waals surface area (Å²) >= 11 is 1.70. The van der Waals surface area contributed by atoms with Gasteiger partial charge in [-0.25, -0.2) is 4.98 Å². The van der Waals surface area contributed by atoms with Gasteiger partial charge in [0.25, 0.3) is 0 Å². The molecule has 5 nitrogen and oxygen atoms in total. The third-order valence-corrected chi connectivity index (χ3v) is 2.96. The summed E-state index contributed by atoms with van der Waals surface area (Å²) in [5, 5.41) is 4.15. The highest BCUT2D eigenvalue weighted by molar-refractivity contribution is 7.99. The van der Waals surface area contributed by atoms with Crippen LogP contribution in [-0.4, -0.2) is 47.8 Å². The fraction of sp³-hybridized carbons (Fsp3) is 0.636. The number of hydrogen-bond donors (Lipinski definition) is 2. The zero-order valence-corrected chi connectivity index (χ0v) is 11.5. The Hall–Kier alpha value is -1.01. The van der Waals surface area contributed by atoms with Crippen LogP contribution >= 0.6 is 11.8 Å². The van der Waals surface area contributed by atoms with Crippen LogP contribution in [0.3, 0.4) is 0 Å². The van der Waals surface area contributed by atoms with Gasteiger partial charge in [-0.2, -0.15) is 4.98 Å². The van der Waals surface area contributed by atoms with Gasteiger partial charge in [-0.3, -0.25) is 0 Å². The molecule has 0 saturated carbocycles. The van der Waals surface area contributed by atoms with Crippen LogP contribution in [0.4, 0.5) is 11.8 Å². The second-order valence-corrected chi connectivity index (χ2v) is 5.14. The Morgan fingerprint density at radius 2 is 2.18 bits per heavy atom. The molecule has 0 aromatic carbocycles. The maximum atomic E-state index is 5.68. The summed E-state index contributed by atoms with van der Waals surface area (Å²) in [6.45, 7) is 4.04. The molecule has 1 rings (SSSR count). The average Bonchev–Trinajstić information content (AvgIpc) is 2.25. The maximum absolute atomic E-state index is 5.68. The fourth-order valence-electron chi connectivity index (χ4n) is 1.19. The Balaban J connectivity index is 2.55. The number of rotatable bonds is 7. The van der Waals surface area contributed by atoms with E-state index in [1.807, 2.05) is 6.07 Å². The van der Waals surface area contributed by atoms with Gasteiger partial charge in [0.2, 0.25) is 5.95 Å². The largest absolute Gasteiger partial charge is 0.370 e. The molecule has 0 aliphatic carbocycles. The van der Waals surface area contributed by atoms with Crippen molar-refractivity contribution in [2.24, 2.45) is 0 Å². The summed E-state index contributed by atoms with van der Waals surface area (Å²) < 4.78 is 0. The van der Waals surface area contributed by atoms with Crippen molar-refractivity contribution < 1.29 is 0 Å². The number of hydrogen-bond acceptors (Lipinski definition) is 6. The molecule has 17 heavy (non-hydrogen) atoms. The summed E-state index contributed by atoms with van der Waals surface area (Å²) in [7, 11) is 4.12. The van der Waals surface area contributed by atoms with Crippen LogP contribution in [0.2, 0.25) is 0 Å². The molecule has 3 N–H and O–H groups in total. The predicted molar refractivity (Wildman–Crippen MR) is 74.5 cm³/mol. The molecule has 1 heterocycles. The van der Waals surface area contributed by atoms with E-state index >= 15 is 0 Å². The minimum absolute atomic E-state index is 0.332. The molecule has 0 fully saturated rings. The van der Waals surface area contributed by atoms with Crippen molar-refractivity contribution in [3.63, 3.8) is 0 Å². The monoisotopic (exact) mass is 255 g/mol. The van der Waals surface area contributed by atoms with Crippen molar-refractivity contribution >= 4 is 23.5 Å². The molecule has 96 valence electrons. The first-order valence-corrected chi connectivity index (χ1v) is 6.76. The summed E-state index contributed by atoms with van der Waals surface area (Å²) in [6.07, 6.45) is 1.06. The van der Waals surface area contributed by atoms with Gasteiger partial charge in [-0.1, -0.05) is 6.92 Å². The summed E-state index contributed by atoms with van der Waals surface area (Å²) in [5.41, 5.74) is 5.68. The molecular formula is C11H21N5S. The van der Waals surface area contributed by atoms with E-state index in [4.69, 9.17) is 5.73 Å². The first-order chi connectivity index (χ1) is 8.11. The van der Waals surface area contributed by atoms with Crippen molar-refractivity contribution in [1.82, 2.24) is 14.9 Å². The van der Waals surface area contributed by atoms with Crippen molar-refractivity contribution in [3.8, 4) is 0 Å². The van der Waals surface area contributed by atoms with E-state index in [-0.39, 0.29) is 0 Å². The van der Waals surface area contributed by atoms with Gasteiger partial charge >= 0.3 is 0 Å². The molecule has 0 aliphatic heterocycles. The molecule has 6 heteroatoms. The van der Waals surface area contributed by atoms with Gasteiger partial charge in [0.15, 0.2) is 0 Å². The van der Waals surface area contributed by atoms with Gasteiger partial charge in [0, 0.05) is 24.9 Å². The van der Waals surface area contributed by atoms with E-state index in [1.165, 1.54) is 0 Å². The molecule has 1 aromatic rings. The Morgan fingerprint density at radius 1 is 1.41 bits per heavy atom. The highest BCUT2D eigenvalue weighted by Gasteiger charge is 2.03. The summed E-state index contributed by atoms with van der Waals surface area (Å²) in [5.74, 6) is 2.14. The van der Waals surface area contributed by atoms with Crippen LogP contribution in [-0.2, 0) is 0 Å². The topological polar surface area (TPSA) is 67.1 Å². The van der Waals surface area contributed by atoms with Gasteiger partial charge in [-0.05, 0) is 20.5 Å². The lowest BCUT2D eigenvalue weighted by atomic mass is 10.4. The van der Waals surface area contributed by atoms with Crippen molar-refractivity contribution in [3.05, 3.63) is 6.07 Å². The Kier molecular flexibility index (Phi) is 6.07. The standard InChI is InChI=1S/C11H21N5S/c1-4-5-13-9-8-10(15-11(12)14-9)17-7-6-16(2)3/h8H,4-7H2,1-3H3,(H3,12,13,14,15). The Bertz CT molecular complexity index is 343. The third-order valence-electron chi connectivity index (χ3n) is 2.06. The van der Waals surface area contributed by atoms with Crippen LogP contribution in [0.5, 0.6) is 0 Å². The molecule has 0 unspecified atom stereocenters. The lowest BCUT2D eigenvalue weighted by molar-refractivity contribution is 0.437. The van der Waals surface area contributed by atoms with Gasteiger partial charge in [0.1, 0.15) is 10.8 Å². The Morgan fingerprint density at radius 3 is 2.82 bits per heavy atom. The molecule has 0 amide bonds. The first kappa shape index (κ1) is 14.1. The van der Waals surface area contributed by atoms with Crippen LogP contribution in [0.25, 0.3) is 0 Å². The summed E-state index contributed by atoms with van der Waals surface area (Å²) in [4.78, 5) is 10.5. The Labute approximate surface area is 107 Å². The quantitative estimate of drug-likeness (QED) is 0.569. The number of nitrogen functional groups attached to an aromatic ring is 1. The number of aromatic nitrogens is 2. The van der Waals surface area contributed by atoms with Crippen molar-refractivity contribution in [2.45, 2.75) is 18.4 Å². The van der Waals surface area contributed by atoms with E-state index in [2.05, 4.69) is 41.2 Å². The SMILES string of the molecule is CCCNc1cc(SCCN(C)C)nc(N)n1. The van der Waals surface area contributed by atoms with Crippen LogP contribution in [0.1, 0.15) is 13.3 Å². The van der Waals surface area contributed by atoms with Gasteiger partial charge in [0.05, 0.1) is 0 Å². The number of nitrogens with zero attached hydrogens (tertiary/aromatic N) is 3. The number of thioether (sulfide) groups is 1. The van der Waals surface area contributed by atoms with E-state index in [1.54, 1.807) is 11.8 Å². The molecule has 0 aliphatic rings. The highest BCUT2D eigenvalue weighted by atomic mass is 32.2. The average molecular weight is 255 g/mol. The normalized spacial score (nSPS) is 10.8. The smallest absolute Gasteiger partial charge is 0.223 e. The second kappa shape index (κ2) is 7.34. The van der Waals surface area contributed by atoms with E-state index < -0.39 is 0 Å². The maximum Gasteiger partial charge on any atom is 0.223 e. The number of nitrogens with one attached hydrogen (secondary N) is 1. The van der Waals surface area contributed by atoms with Gasteiger partial charge in [-0.15, -0.1) is 11.8 Å². The zero-order chi connectivity index (χ0) is 12.7. The van der Waals surface area contributed by atoms with E-state index in [9.17, 15) is 0 Å². The number of anilines is 2. The lowest BCUT2D eigenvalue weighted by Gasteiger charge is -2.09. The molecule has 0 saturated heterocycles. The highest BCUT2D eigenvalue weighted by Crippen LogP contribution is 2.19. The van der Waals surface area contributed by atoms with Crippen molar-refractivity contribution in [2.75, 3.05) is 44.0 Å². The molecule has 0 bridgehead atoms. The van der Waals surface area contributed by atoms with Crippen LogP contribution in [0.15, 0.2) is 11.1 Å². The minimum Gasteiger partial charge on any atom is -0.370 e. The first-order valence-electron chi connectivity index (χ1n) is 5.77. The van der Waals surface area contributed by atoms with Crippen molar-refractivity contribution in [1.29, 1.82) is 0 Å². The second-order valence-electron chi connectivity index (χ2n) is 4.03. The molecular weight excluding hydrogens is 234 g/mol. The molecule has 1 aromatic heterocycles. The molecule has 0 atom stereocenters. The zero-order valence-electron chi connectivity index (χ0n) is 10.7. The van der Waals surface area contributed by atoms with Gasteiger partial charge < -0.3 is 16.0 Å². The van der Waals surface area contributed by atoms with E-state index in [0.717, 1.165) is 36.1 Å². The molecule has 0 spiro atoms. The van der Waals surface area contributed by atoms with Crippen LogP contribution < -0.4 is 11.1 Å². The summed E-state index contributed by atoms with van der Waals surface area (Å²) in [6, 6.07) is 1.95. The predicted octanol–water partition coefficient (Wildman–Crippen LogP) is 1.53. The third kappa shape index (κ3) is 5.74. The lowest BCUT2D eigenvalue weighted by Crippen LogP contribution is -2.15. The number of nitrogens with two attached hydrogens (primary N) is 1. The minimum atomic E-state index is 0.332. The van der Waals surface area contributed by atoms with E-state index in [0.29, 0.717) is 5.95 Å². The fourth-order valence-corrected chi connectivity index (χ4v) is 2.21. The van der Waals surface area contributed by atoms with Crippen LogP contribution in [0, 0.1) is 0 Å². The molecule has 0 radical (unpaired) electrons.